The lowest BCUT2D eigenvalue weighted by Gasteiger charge is -2.22. The van der Waals surface area contributed by atoms with Gasteiger partial charge in [0.2, 0.25) is 7.77 Å². The zero-order valence-corrected chi connectivity index (χ0v) is 8.32. The lowest BCUT2D eigenvalue weighted by Crippen LogP contribution is -2.37. The van der Waals surface area contributed by atoms with Gasteiger partial charge in [0.25, 0.3) is 0 Å². The summed E-state index contributed by atoms with van der Waals surface area (Å²) in [6.07, 6.45) is 3.79. The molecule has 0 aliphatic carbocycles. The van der Waals surface area contributed by atoms with Crippen molar-refractivity contribution in [1.82, 2.24) is 0 Å². The highest BCUT2D eigenvalue weighted by Crippen LogP contribution is 2.13. The van der Waals surface area contributed by atoms with Gasteiger partial charge in [0.15, 0.2) is 0 Å². The summed E-state index contributed by atoms with van der Waals surface area (Å²) in [6, 6.07) is 0. The molecule has 0 heterocycles. The molecule has 0 rings (SSSR count). The van der Waals surface area contributed by atoms with Crippen molar-refractivity contribution in [2.45, 2.75) is 0 Å². The maximum atomic E-state index is 5.36. The Bertz CT molecular complexity index is 117. The lowest BCUT2D eigenvalue weighted by atomic mass is 10.5. The molecule has 2 nitrogen and oxygen atoms in total. The average Bonchev–Trinajstić information content (AvgIpc) is 1.59. The molecule has 3 heteroatoms. The Balaban J connectivity index is 3.29. The van der Waals surface area contributed by atoms with Crippen LogP contribution in [0.1, 0.15) is 0 Å². The van der Waals surface area contributed by atoms with Gasteiger partial charge in [0, 0.05) is 0 Å². The van der Waals surface area contributed by atoms with Crippen LogP contribution in [0.5, 0.6) is 0 Å². The van der Waals surface area contributed by atoms with E-state index in [9.17, 15) is 0 Å². The number of likely N-dealkylation sites (N-methyl/N-ethyl adjacent to an activating group) is 1. The zero-order chi connectivity index (χ0) is 8.20. The third kappa shape index (κ3) is 8.09. The van der Waals surface area contributed by atoms with Crippen molar-refractivity contribution in [1.29, 1.82) is 0 Å². The standard InChI is InChI=1S/C7H18NOP/c1-8(2,3)6-7-9-10(4)5/h4,6-7H2,1-3,5H3/q+2. The van der Waals surface area contributed by atoms with Crippen LogP contribution >= 0.6 is 7.77 Å². The van der Waals surface area contributed by atoms with Gasteiger partial charge in [-0.05, 0) is 0 Å². The molecule has 0 aromatic heterocycles. The molecule has 1 unspecified atom stereocenters. The van der Waals surface area contributed by atoms with E-state index in [1.807, 2.05) is 6.66 Å². The highest BCUT2D eigenvalue weighted by Gasteiger charge is 2.08. The molecule has 0 aromatic carbocycles. The Morgan fingerprint density at radius 2 is 1.90 bits per heavy atom. The van der Waals surface area contributed by atoms with Crippen LogP contribution in [0.15, 0.2) is 0 Å². The molecule has 0 saturated heterocycles. The average molecular weight is 163 g/mol. The van der Waals surface area contributed by atoms with Gasteiger partial charge >= 0.3 is 0 Å². The lowest BCUT2D eigenvalue weighted by molar-refractivity contribution is -0.870. The summed E-state index contributed by atoms with van der Waals surface area (Å²) in [6.45, 7) is 3.91. The molecule has 0 radical (unpaired) electrons. The van der Waals surface area contributed by atoms with Crippen molar-refractivity contribution >= 4 is 14.1 Å². The first-order valence-electron chi connectivity index (χ1n) is 3.39. The molecule has 60 valence electrons. The first kappa shape index (κ1) is 10.1. The van der Waals surface area contributed by atoms with E-state index in [-0.39, 0.29) is 0 Å². The maximum absolute atomic E-state index is 5.36. The van der Waals surface area contributed by atoms with Gasteiger partial charge in [-0.15, -0.1) is 0 Å². The minimum absolute atomic E-state index is 0.414. The van der Waals surface area contributed by atoms with Crippen LogP contribution in [0.25, 0.3) is 0 Å². The van der Waals surface area contributed by atoms with Gasteiger partial charge in [-0.3, -0.25) is 0 Å². The van der Waals surface area contributed by atoms with E-state index in [0.29, 0.717) is 0 Å². The summed E-state index contributed by atoms with van der Waals surface area (Å²) in [5.74, 6) is 0. The topological polar surface area (TPSA) is 9.23 Å². The second kappa shape index (κ2) is 4.07. The van der Waals surface area contributed by atoms with Crippen molar-refractivity contribution in [3.63, 3.8) is 0 Å². The third-order valence-electron chi connectivity index (χ3n) is 1.07. The first-order valence-corrected chi connectivity index (χ1v) is 5.28. The van der Waals surface area contributed by atoms with Crippen LogP contribution in [0.4, 0.5) is 0 Å². The predicted octanol–water partition coefficient (Wildman–Crippen LogP) is 1.17. The van der Waals surface area contributed by atoms with E-state index in [2.05, 4.69) is 27.4 Å². The van der Waals surface area contributed by atoms with E-state index < -0.39 is 7.77 Å². The van der Waals surface area contributed by atoms with E-state index >= 15 is 0 Å². The maximum Gasteiger partial charge on any atom is 0.243 e. The molecule has 0 amide bonds. The fraction of sp³-hybridized carbons (Fsp3) is 0.857. The number of quaternary nitrogens is 1. The fourth-order valence-electron chi connectivity index (χ4n) is 0.471. The molecule has 0 spiro atoms. The summed E-state index contributed by atoms with van der Waals surface area (Å²) in [4.78, 5) is 0. The second-order valence-electron chi connectivity index (χ2n) is 3.48. The van der Waals surface area contributed by atoms with Crippen LogP contribution in [0, 0.1) is 0 Å². The summed E-state index contributed by atoms with van der Waals surface area (Å²) in [5.41, 5.74) is 0. The van der Waals surface area contributed by atoms with Gasteiger partial charge in [-0.2, -0.15) is 4.52 Å². The SMILES string of the molecule is C=[P+](C)OCC[N+](C)(C)C. The van der Waals surface area contributed by atoms with Crippen molar-refractivity contribution < 1.29 is 9.01 Å². The normalized spacial score (nSPS) is 13.4. The van der Waals surface area contributed by atoms with Gasteiger partial charge in [-0.1, -0.05) is 0 Å². The highest BCUT2D eigenvalue weighted by atomic mass is 31.1. The molecular weight excluding hydrogens is 145 g/mol. The number of hydrogen-bond donors (Lipinski definition) is 0. The van der Waals surface area contributed by atoms with Crippen molar-refractivity contribution in [2.75, 3.05) is 41.0 Å². The minimum atomic E-state index is -0.414. The van der Waals surface area contributed by atoms with Gasteiger partial charge in [-0.25, -0.2) is 0 Å². The minimum Gasteiger partial charge on any atom is -0.329 e. The van der Waals surface area contributed by atoms with Crippen molar-refractivity contribution in [3.8, 4) is 0 Å². The summed E-state index contributed by atoms with van der Waals surface area (Å²) >= 11 is 0. The van der Waals surface area contributed by atoms with E-state index in [4.69, 9.17) is 4.52 Å². The third-order valence-corrected chi connectivity index (χ3v) is 1.70. The zero-order valence-electron chi connectivity index (χ0n) is 7.42. The fourth-order valence-corrected chi connectivity index (χ4v) is 0.864. The number of rotatable bonds is 4. The summed E-state index contributed by atoms with van der Waals surface area (Å²) in [5, 5.41) is 0. The molecule has 10 heavy (non-hydrogen) atoms. The van der Waals surface area contributed by atoms with Crippen molar-refractivity contribution in [3.05, 3.63) is 0 Å². The molecule has 0 aromatic rings. The molecule has 1 atom stereocenters. The van der Waals surface area contributed by atoms with Gasteiger partial charge in [0.1, 0.15) is 26.1 Å². The summed E-state index contributed by atoms with van der Waals surface area (Å²) < 4.78 is 6.32. The van der Waals surface area contributed by atoms with E-state index in [1.165, 1.54) is 0 Å². The number of hydrogen-bond acceptors (Lipinski definition) is 1. The predicted molar refractivity (Wildman–Crippen MR) is 48.8 cm³/mol. The quantitative estimate of drug-likeness (QED) is 0.446. The Hall–Kier alpha value is 0.0900. The molecule has 0 bridgehead atoms. The van der Waals surface area contributed by atoms with E-state index in [1.54, 1.807) is 0 Å². The molecule has 0 saturated carbocycles. The molecule has 0 aliphatic heterocycles. The number of nitrogens with zero attached hydrogens (tertiary/aromatic N) is 1. The Kier molecular flexibility index (Phi) is 4.11. The second-order valence-corrected chi connectivity index (χ2v) is 4.99. The molecular formula is C7H18NOP+2. The molecule has 0 fully saturated rings. The van der Waals surface area contributed by atoms with Gasteiger partial charge in [0.05, 0.1) is 21.1 Å². The Morgan fingerprint density at radius 3 is 2.20 bits per heavy atom. The smallest absolute Gasteiger partial charge is 0.243 e. The summed E-state index contributed by atoms with van der Waals surface area (Å²) in [7, 11) is 6.06. The van der Waals surface area contributed by atoms with Gasteiger partial charge < -0.3 is 4.48 Å². The van der Waals surface area contributed by atoms with Crippen molar-refractivity contribution in [2.24, 2.45) is 0 Å². The molecule has 0 aliphatic rings. The Labute approximate surface area is 64.9 Å². The highest BCUT2D eigenvalue weighted by molar-refractivity contribution is 7.49. The van der Waals surface area contributed by atoms with Crippen LogP contribution in [-0.2, 0) is 4.52 Å². The largest absolute Gasteiger partial charge is 0.329 e. The first-order chi connectivity index (χ1) is 4.42. The van der Waals surface area contributed by atoms with Crippen LogP contribution < -0.4 is 0 Å². The van der Waals surface area contributed by atoms with E-state index in [0.717, 1.165) is 17.6 Å². The van der Waals surface area contributed by atoms with Crippen LogP contribution in [0.3, 0.4) is 0 Å². The van der Waals surface area contributed by atoms with Crippen LogP contribution in [0.2, 0.25) is 0 Å². The Morgan fingerprint density at radius 1 is 1.40 bits per heavy atom. The molecule has 0 N–H and O–H groups in total. The monoisotopic (exact) mass is 163 g/mol. The van der Waals surface area contributed by atoms with Crippen LogP contribution in [-0.4, -0.2) is 51.7 Å².